The van der Waals surface area contributed by atoms with E-state index in [0.29, 0.717) is 12.8 Å². The van der Waals surface area contributed by atoms with Crippen molar-refractivity contribution in [3.63, 3.8) is 0 Å². The van der Waals surface area contributed by atoms with E-state index in [0.717, 1.165) is 44.4 Å². The Morgan fingerprint density at radius 3 is 1.61 bits per heavy atom. The standard InChI is InChI=1S/C28H54O5/c1-4-5-6-14-19-22-28(31)33-26(23-29)24-32-27(30)21-18-16-13-11-9-7-8-10-12-15-17-20-25(2)3/h25-26,29H,4-24H2,1-3H3/t26-/m0/s1. The number of ether oxygens (including phenoxy) is 2. The van der Waals surface area contributed by atoms with Gasteiger partial charge in [0, 0.05) is 12.8 Å². The molecule has 0 aliphatic heterocycles. The second-order valence-electron chi connectivity index (χ2n) is 9.96. The Morgan fingerprint density at radius 1 is 0.667 bits per heavy atom. The van der Waals surface area contributed by atoms with E-state index < -0.39 is 6.10 Å². The van der Waals surface area contributed by atoms with Crippen LogP contribution in [0.15, 0.2) is 0 Å². The summed E-state index contributed by atoms with van der Waals surface area (Å²) < 4.78 is 10.4. The molecule has 0 rings (SSSR count). The Morgan fingerprint density at radius 2 is 1.12 bits per heavy atom. The van der Waals surface area contributed by atoms with E-state index in [9.17, 15) is 14.7 Å². The molecular formula is C28H54O5. The Hall–Kier alpha value is -1.10. The van der Waals surface area contributed by atoms with E-state index in [1.165, 1.54) is 70.6 Å². The lowest BCUT2D eigenvalue weighted by molar-refractivity contribution is -0.161. The van der Waals surface area contributed by atoms with Crippen LogP contribution in [0.3, 0.4) is 0 Å². The summed E-state index contributed by atoms with van der Waals surface area (Å²) in [5.41, 5.74) is 0. The molecular weight excluding hydrogens is 416 g/mol. The Labute approximate surface area is 204 Å². The van der Waals surface area contributed by atoms with Crippen molar-refractivity contribution >= 4 is 11.9 Å². The zero-order valence-corrected chi connectivity index (χ0v) is 22.1. The highest BCUT2D eigenvalue weighted by Gasteiger charge is 2.16. The number of carbonyl (C=O) groups excluding carboxylic acids is 2. The minimum atomic E-state index is -0.757. The van der Waals surface area contributed by atoms with Crippen molar-refractivity contribution in [1.82, 2.24) is 0 Å². The predicted molar refractivity (Wildman–Crippen MR) is 136 cm³/mol. The van der Waals surface area contributed by atoms with Gasteiger partial charge < -0.3 is 14.6 Å². The lowest BCUT2D eigenvalue weighted by atomic mass is 10.0. The van der Waals surface area contributed by atoms with Crippen molar-refractivity contribution in [3.8, 4) is 0 Å². The molecule has 0 aromatic rings. The number of carbonyl (C=O) groups is 2. The van der Waals surface area contributed by atoms with Gasteiger partial charge in [-0.05, 0) is 18.8 Å². The summed E-state index contributed by atoms with van der Waals surface area (Å²) in [7, 11) is 0. The average Bonchev–Trinajstić information content (AvgIpc) is 2.79. The van der Waals surface area contributed by atoms with Gasteiger partial charge in [0.1, 0.15) is 6.61 Å². The quantitative estimate of drug-likeness (QED) is 0.117. The number of aliphatic hydroxyl groups is 1. The number of hydrogen-bond acceptors (Lipinski definition) is 5. The van der Waals surface area contributed by atoms with Crippen molar-refractivity contribution < 1.29 is 24.2 Å². The topological polar surface area (TPSA) is 72.8 Å². The minimum Gasteiger partial charge on any atom is -0.462 e. The third kappa shape index (κ3) is 23.8. The number of esters is 2. The first-order chi connectivity index (χ1) is 16.0. The summed E-state index contributed by atoms with van der Waals surface area (Å²) in [4.78, 5) is 23.7. The van der Waals surface area contributed by atoms with Crippen molar-refractivity contribution in [3.05, 3.63) is 0 Å². The third-order valence-corrected chi connectivity index (χ3v) is 6.08. The molecule has 0 saturated heterocycles. The molecule has 1 N–H and O–H groups in total. The van der Waals surface area contributed by atoms with Gasteiger partial charge in [0.05, 0.1) is 6.61 Å². The molecule has 5 heteroatoms. The first-order valence-corrected chi connectivity index (χ1v) is 14.0. The number of hydrogen-bond donors (Lipinski definition) is 1. The lowest BCUT2D eigenvalue weighted by Gasteiger charge is -2.15. The van der Waals surface area contributed by atoms with Crippen LogP contribution < -0.4 is 0 Å². The molecule has 0 spiro atoms. The zero-order valence-electron chi connectivity index (χ0n) is 22.1. The van der Waals surface area contributed by atoms with Gasteiger partial charge in [0.25, 0.3) is 0 Å². The first-order valence-electron chi connectivity index (χ1n) is 14.0. The number of rotatable bonds is 24. The minimum absolute atomic E-state index is 0.0611. The Balaban J connectivity index is 3.53. The van der Waals surface area contributed by atoms with Crippen LogP contribution in [0.4, 0.5) is 0 Å². The Kier molecular flexibility index (Phi) is 23.2. The van der Waals surface area contributed by atoms with Gasteiger partial charge in [0.2, 0.25) is 0 Å². The maximum absolute atomic E-state index is 11.9. The van der Waals surface area contributed by atoms with E-state index in [1.54, 1.807) is 0 Å². The fourth-order valence-corrected chi connectivity index (χ4v) is 3.91. The molecule has 1 atom stereocenters. The fourth-order valence-electron chi connectivity index (χ4n) is 3.91. The van der Waals surface area contributed by atoms with Crippen LogP contribution in [0.5, 0.6) is 0 Å². The zero-order chi connectivity index (χ0) is 24.6. The average molecular weight is 471 g/mol. The van der Waals surface area contributed by atoms with Gasteiger partial charge in [-0.2, -0.15) is 0 Å². The van der Waals surface area contributed by atoms with Gasteiger partial charge in [0.15, 0.2) is 6.10 Å². The molecule has 196 valence electrons. The van der Waals surface area contributed by atoms with Crippen LogP contribution in [-0.2, 0) is 19.1 Å². The van der Waals surface area contributed by atoms with E-state index in [-0.39, 0.29) is 25.2 Å². The highest BCUT2D eigenvalue weighted by molar-refractivity contribution is 5.70. The van der Waals surface area contributed by atoms with Crippen LogP contribution in [0.2, 0.25) is 0 Å². The van der Waals surface area contributed by atoms with Gasteiger partial charge in [-0.3, -0.25) is 9.59 Å². The number of aliphatic hydroxyl groups excluding tert-OH is 1. The maximum atomic E-state index is 11.9. The summed E-state index contributed by atoms with van der Waals surface area (Å²) >= 11 is 0. The van der Waals surface area contributed by atoms with Crippen LogP contribution in [0.25, 0.3) is 0 Å². The molecule has 0 aliphatic carbocycles. The van der Waals surface area contributed by atoms with Gasteiger partial charge in [-0.1, -0.05) is 117 Å². The molecule has 33 heavy (non-hydrogen) atoms. The summed E-state index contributed by atoms with van der Waals surface area (Å²) in [6, 6.07) is 0. The summed E-state index contributed by atoms with van der Waals surface area (Å²) in [5.74, 6) is 0.234. The van der Waals surface area contributed by atoms with Gasteiger partial charge >= 0.3 is 11.9 Å². The molecule has 0 heterocycles. The molecule has 0 fully saturated rings. The molecule has 5 nitrogen and oxygen atoms in total. The van der Waals surface area contributed by atoms with E-state index in [4.69, 9.17) is 9.47 Å². The first kappa shape index (κ1) is 31.9. The predicted octanol–water partition coefficient (Wildman–Crippen LogP) is 7.52. The van der Waals surface area contributed by atoms with E-state index >= 15 is 0 Å². The smallest absolute Gasteiger partial charge is 0.306 e. The van der Waals surface area contributed by atoms with Crippen molar-refractivity contribution in [2.75, 3.05) is 13.2 Å². The van der Waals surface area contributed by atoms with E-state index in [2.05, 4.69) is 20.8 Å². The van der Waals surface area contributed by atoms with Crippen LogP contribution in [0.1, 0.15) is 143 Å². The van der Waals surface area contributed by atoms with Gasteiger partial charge in [-0.15, -0.1) is 0 Å². The molecule has 0 aromatic heterocycles. The summed E-state index contributed by atoms with van der Waals surface area (Å²) in [6.45, 7) is 6.36. The fraction of sp³-hybridized carbons (Fsp3) is 0.929. The molecule has 0 radical (unpaired) electrons. The lowest BCUT2D eigenvalue weighted by Crippen LogP contribution is -2.28. The second-order valence-corrected chi connectivity index (χ2v) is 9.96. The van der Waals surface area contributed by atoms with Crippen LogP contribution in [-0.4, -0.2) is 36.4 Å². The van der Waals surface area contributed by atoms with E-state index in [1.807, 2.05) is 0 Å². The molecule has 0 unspecified atom stereocenters. The molecule has 0 bridgehead atoms. The summed E-state index contributed by atoms with van der Waals surface area (Å²) in [5, 5.41) is 9.37. The molecule has 0 aromatic carbocycles. The van der Waals surface area contributed by atoms with Crippen molar-refractivity contribution in [2.24, 2.45) is 5.92 Å². The largest absolute Gasteiger partial charge is 0.462 e. The normalized spacial score (nSPS) is 12.2. The highest BCUT2D eigenvalue weighted by Crippen LogP contribution is 2.14. The van der Waals surface area contributed by atoms with Gasteiger partial charge in [-0.25, -0.2) is 0 Å². The molecule has 0 aliphatic rings. The molecule has 0 saturated carbocycles. The van der Waals surface area contributed by atoms with Crippen LogP contribution >= 0.6 is 0 Å². The SMILES string of the molecule is CCCCCCCC(=O)O[C@@H](CO)COC(=O)CCCCCCCCCCCCCC(C)C. The van der Waals surface area contributed by atoms with Crippen LogP contribution in [0, 0.1) is 5.92 Å². The monoisotopic (exact) mass is 470 g/mol. The number of unbranched alkanes of at least 4 members (excludes halogenated alkanes) is 14. The highest BCUT2D eigenvalue weighted by atomic mass is 16.6. The summed E-state index contributed by atoms with van der Waals surface area (Å²) in [6.07, 6.45) is 20.4. The molecule has 0 amide bonds. The van der Waals surface area contributed by atoms with Crippen molar-refractivity contribution in [1.29, 1.82) is 0 Å². The Bertz CT molecular complexity index is 450. The third-order valence-electron chi connectivity index (χ3n) is 6.08. The van der Waals surface area contributed by atoms with Crippen molar-refractivity contribution in [2.45, 2.75) is 149 Å². The maximum Gasteiger partial charge on any atom is 0.306 e. The second kappa shape index (κ2) is 24.0.